The first-order chi connectivity index (χ1) is 6.65. The molecule has 2 N–H and O–H groups in total. The van der Waals surface area contributed by atoms with Gasteiger partial charge in [0, 0.05) is 13.2 Å². The summed E-state index contributed by atoms with van der Waals surface area (Å²) in [6.07, 6.45) is 3.53. The summed E-state index contributed by atoms with van der Waals surface area (Å²) in [4.78, 5) is 3.96. The molecule has 0 aliphatic heterocycles. The number of nitrogens with zero attached hydrogens (tertiary/aromatic N) is 4. The molecule has 0 radical (unpaired) electrons. The highest BCUT2D eigenvalue weighted by molar-refractivity contribution is 5.23. The van der Waals surface area contributed by atoms with Crippen LogP contribution in [0.15, 0.2) is 18.6 Å². The Morgan fingerprint density at radius 3 is 2.79 bits per heavy atom. The minimum atomic E-state index is 0.545. The fourth-order valence-electron chi connectivity index (χ4n) is 1.46. The number of imidazole rings is 1. The number of rotatable bonds is 2. The zero-order chi connectivity index (χ0) is 10.1. The van der Waals surface area contributed by atoms with E-state index in [0.29, 0.717) is 5.82 Å². The molecule has 2 rings (SSSR count). The van der Waals surface area contributed by atoms with Crippen LogP contribution in [0.5, 0.6) is 0 Å². The standard InChI is InChI=1S/C9H13N5/c1-7-3-8(13(2)12-7)4-14-5-9(10)11-6-14/h3,5-6H,4,10H2,1-2H3. The van der Waals surface area contributed by atoms with Gasteiger partial charge in [-0.05, 0) is 13.0 Å². The van der Waals surface area contributed by atoms with Crippen molar-refractivity contribution in [3.63, 3.8) is 0 Å². The zero-order valence-corrected chi connectivity index (χ0v) is 8.31. The Morgan fingerprint density at radius 1 is 1.50 bits per heavy atom. The third-order valence-corrected chi connectivity index (χ3v) is 2.10. The molecule has 14 heavy (non-hydrogen) atoms. The monoisotopic (exact) mass is 191 g/mol. The van der Waals surface area contributed by atoms with Crippen LogP contribution in [0.2, 0.25) is 0 Å². The van der Waals surface area contributed by atoms with Crippen LogP contribution in [0.1, 0.15) is 11.4 Å². The molecule has 5 nitrogen and oxygen atoms in total. The third-order valence-electron chi connectivity index (χ3n) is 2.10. The normalized spacial score (nSPS) is 10.7. The van der Waals surface area contributed by atoms with Crippen molar-refractivity contribution in [2.75, 3.05) is 5.73 Å². The SMILES string of the molecule is Cc1cc(Cn2cnc(N)c2)n(C)n1. The molecule has 0 fully saturated rings. The molecule has 0 aliphatic carbocycles. The van der Waals surface area contributed by atoms with E-state index in [2.05, 4.69) is 16.1 Å². The largest absolute Gasteiger partial charge is 0.382 e. The number of anilines is 1. The smallest absolute Gasteiger partial charge is 0.141 e. The number of hydrogen-bond acceptors (Lipinski definition) is 3. The van der Waals surface area contributed by atoms with E-state index < -0.39 is 0 Å². The molecule has 0 saturated heterocycles. The highest BCUT2D eigenvalue weighted by atomic mass is 15.3. The van der Waals surface area contributed by atoms with Gasteiger partial charge in [-0.15, -0.1) is 0 Å². The molecular weight excluding hydrogens is 178 g/mol. The Labute approximate surface area is 82.2 Å². The van der Waals surface area contributed by atoms with Gasteiger partial charge in [-0.3, -0.25) is 4.68 Å². The lowest BCUT2D eigenvalue weighted by atomic mass is 10.3. The number of nitrogens with two attached hydrogens (primary N) is 1. The maximum Gasteiger partial charge on any atom is 0.141 e. The lowest BCUT2D eigenvalue weighted by Gasteiger charge is -2.01. The summed E-state index contributed by atoms with van der Waals surface area (Å²) in [7, 11) is 1.93. The predicted molar refractivity (Wildman–Crippen MR) is 53.7 cm³/mol. The molecule has 0 bridgehead atoms. The van der Waals surface area contributed by atoms with Crippen molar-refractivity contribution < 1.29 is 0 Å². The quantitative estimate of drug-likeness (QED) is 0.754. The summed E-state index contributed by atoms with van der Waals surface area (Å²) in [5, 5.41) is 4.27. The maximum atomic E-state index is 5.52. The highest BCUT2D eigenvalue weighted by Crippen LogP contribution is 2.05. The molecule has 2 heterocycles. The number of hydrogen-bond donors (Lipinski definition) is 1. The van der Waals surface area contributed by atoms with E-state index in [-0.39, 0.29) is 0 Å². The fourth-order valence-corrected chi connectivity index (χ4v) is 1.46. The van der Waals surface area contributed by atoms with Gasteiger partial charge in [0.05, 0.1) is 24.3 Å². The summed E-state index contributed by atoms with van der Waals surface area (Å²) in [6.45, 7) is 2.73. The van der Waals surface area contributed by atoms with Gasteiger partial charge in [0.1, 0.15) is 5.82 Å². The molecule has 5 heteroatoms. The summed E-state index contributed by atoms with van der Waals surface area (Å²) in [6, 6.07) is 2.05. The van der Waals surface area contributed by atoms with Crippen LogP contribution in [0.25, 0.3) is 0 Å². The van der Waals surface area contributed by atoms with Gasteiger partial charge in [0.15, 0.2) is 0 Å². The van der Waals surface area contributed by atoms with Crippen molar-refractivity contribution in [2.24, 2.45) is 7.05 Å². The van der Waals surface area contributed by atoms with Gasteiger partial charge in [0.2, 0.25) is 0 Å². The van der Waals surface area contributed by atoms with Crippen LogP contribution in [-0.4, -0.2) is 19.3 Å². The third kappa shape index (κ3) is 1.61. The topological polar surface area (TPSA) is 61.7 Å². The number of aromatic nitrogens is 4. The zero-order valence-electron chi connectivity index (χ0n) is 8.31. The summed E-state index contributed by atoms with van der Waals surface area (Å²) in [5.41, 5.74) is 7.68. The van der Waals surface area contributed by atoms with E-state index in [1.54, 1.807) is 6.33 Å². The van der Waals surface area contributed by atoms with Crippen LogP contribution in [0.3, 0.4) is 0 Å². The second-order valence-corrected chi connectivity index (χ2v) is 3.37. The van der Waals surface area contributed by atoms with E-state index in [1.165, 1.54) is 0 Å². The second kappa shape index (κ2) is 3.17. The molecule has 2 aromatic heterocycles. The first-order valence-corrected chi connectivity index (χ1v) is 4.42. The average Bonchev–Trinajstić information content (AvgIpc) is 2.61. The predicted octanol–water partition coefficient (Wildman–Crippen LogP) is 0.556. The number of aryl methyl sites for hydroxylation is 2. The summed E-state index contributed by atoms with van der Waals surface area (Å²) < 4.78 is 3.80. The lowest BCUT2D eigenvalue weighted by molar-refractivity contribution is 0.663. The van der Waals surface area contributed by atoms with Gasteiger partial charge in [-0.2, -0.15) is 5.10 Å². The summed E-state index contributed by atoms with van der Waals surface area (Å²) >= 11 is 0. The molecule has 74 valence electrons. The van der Waals surface area contributed by atoms with Gasteiger partial charge in [-0.1, -0.05) is 0 Å². The molecule has 0 amide bonds. The second-order valence-electron chi connectivity index (χ2n) is 3.37. The molecule has 2 aromatic rings. The van der Waals surface area contributed by atoms with Crippen LogP contribution in [0, 0.1) is 6.92 Å². The van der Waals surface area contributed by atoms with Crippen LogP contribution in [0.4, 0.5) is 5.82 Å². The van der Waals surface area contributed by atoms with Crippen molar-refractivity contribution >= 4 is 5.82 Å². The average molecular weight is 191 g/mol. The van der Waals surface area contributed by atoms with Gasteiger partial charge >= 0.3 is 0 Å². The van der Waals surface area contributed by atoms with Crippen LogP contribution in [-0.2, 0) is 13.6 Å². The van der Waals surface area contributed by atoms with Gasteiger partial charge < -0.3 is 10.3 Å². The van der Waals surface area contributed by atoms with Crippen molar-refractivity contribution in [1.82, 2.24) is 19.3 Å². The fraction of sp³-hybridized carbons (Fsp3) is 0.333. The van der Waals surface area contributed by atoms with Gasteiger partial charge in [-0.25, -0.2) is 4.98 Å². The Hall–Kier alpha value is -1.78. The van der Waals surface area contributed by atoms with E-state index in [9.17, 15) is 0 Å². The van der Waals surface area contributed by atoms with E-state index in [1.807, 2.05) is 29.4 Å². The van der Waals surface area contributed by atoms with E-state index >= 15 is 0 Å². The molecule has 0 unspecified atom stereocenters. The number of nitrogen functional groups attached to an aromatic ring is 1. The Kier molecular flexibility index (Phi) is 1.99. The van der Waals surface area contributed by atoms with Crippen molar-refractivity contribution in [1.29, 1.82) is 0 Å². The van der Waals surface area contributed by atoms with Crippen molar-refractivity contribution in [2.45, 2.75) is 13.5 Å². The molecule has 0 spiro atoms. The molecule has 0 aliphatic rings. The van der Waals surface area contributed by atoms with Crippen LogP contribution >= 0.6 is 0 Å². The molecular formula is C9H13N5. The highest BCUT2D eigenvalue weighted by Gasteiger charge is 2.02. The Balaban J connectivity index is 2.22. The molecule has 0 atom stereocenters. The first kappa shape index (κ1) is 8.80. The van der Waals surface area contributed by atoms with Crippen molar-refractivity contribution in [3.8, 4) is 0 Å². The minimum Gasteiger partial charge on any atom is -0.382 e. The lowest BCUT2D eigenvalue weighted by Crippen LogP contribution is -2.03. The van der Waals surface area contributed by atoms with Crippen molar-refractivity contribution in [3.05, 3.63) is 30.0 Å². The minimum absolute atomic E-state index is 0.545. The van der Waals surface area contributed by atoms with E-state index in [0.717, 1.165) is 17.9 Å². The molecule has 0 saturated carbocycles. The Bertz CT molecular complexity index is 440. The Morgan fingerprint density at radius 2 is 2.29 bits per heavy atom. The van der Waals surface area contributed by atoms with Gasteiger partial charge in [0.25, 0.3) is 0 Å². The van der Waals surface area contributed by atoms with E-state index in [4.69, 9.17) is 5.73 Å². The molecule has 0 aromatic carbocycles. The van der Waals surface area contributed by atoms with Crippen LogP contribution < -0.4 is 5.73 Å². The maximum absolute atomic E-state index is 5.52. The summed E-state index contributed by atoms with van der Waals surface area (Å²) in [5.74, 6) is 0.545. The first-order valence-electron chi connectivity index (χ1n) is 4.42.